The zero-order valence-corrected chi connectivity index (χ0v) is 10.4. The van der Waals surface area contributed by atoms with Crippen LogP contribution in [0.2, 0.25) is 0 Å². The molecule has 0 aliphatic heterocycles. The third-order valence-corrected chi connectivity index (χ3v) is 0. The Labute approximate surface area is 93.1 Å². The van der Waals surface area contributed by atoms with Crippen molar-refractivity contribution in [1.29, 1.82) is 0 Å². The van der Waals surface area contributed by atoms with Crippen LogP contribution in [0.5, 0.6) is 0 Å². The van der Waals surface area contributed by atoms with Gasteiger partial charge in [0.15, 0.2) is 0 Å². The van der Waals surface area contributed by atoms with Crippen LogP contribution < -0.4 is 0 Å². The molecule has 0 amide bonds. The molecule has 0 aromatic carbocycles. The zero-order chi connectivity index (χ0) is 7.15. The monoisotopic (exact) mass is 219 g/mol. The number of rotatable bonds is 0. The van der Waals surface area contributed by atoms with Crippen LogP contribution in [0.25, 0.3) is 0 Å². The van der Waals surface area contributed by atoms with Gasteiger partial charge in [0.05, 0.1) is 0 Å². The van der Waals surface area contributed by atoms with Crippen molar-refractivity contribution in [2.45, 2.75) is 49.0 Å². The van der Waals surface area contributed by atoms with E-state index in [1.165, 1.54) is 11.8 Å². The Hall–Kier alpha value is 1.10. The van der Waals surface area contributed by atoms with Gasteiger partial charge in [-0.2, -0.15) is 41.5 Å². The third-order valence-electron chi connectivity index (χ3n) is 0. The van der Waals surface area contributed by atoms with Crippen molar-refractivity contribution < 1.29 is 32.7 Å². The summed E-state index contributed by atoms with van der Waals surface area (Å²) >= 11 is 0. The fourth-order valence-corrected chi connectivity index (χ4v) is 0. The fourth-order valence-electron chi connectivity index (χ4n) is 0. The smallest absolute Gasteiger partial charge is 0 e. The van der Waals surface area contributed by atoms with E-state index in [1.807, 2.05) is 0 Å². The summed E-state index contributed by atoms with van der Waals surface area (Å²) in [4.78, 5) is 0. The van der Waals surface area contributed by atoms with E-state index in [1.54, 1.807) is 0 Å². The Kier molecular flexibility index (Phi) is 37.3. The molecule has 0 atom stereocenters. The van der Waals surface area contributed by atoms with Gasteiger partial charge >= 0.3 is 0 Å². The zero-order valence-electron chi connectivity index (χ0n) is 7.58. The molecule has 0 bridgehead atoms. The molecule has 0 aliphatic carbocycles. The first-order valence-corrected chi connectivity index (χ1v) is 3.00. The van der Waals surface area contributed by atoms with Crippen molar-refractivity contribution in [3.8, 4) is 0 Å². The topological polar surface area (TPSA) is 0 Å². The maximum atomic E-state index is 2.08. The Morgan fingerprint density at radius 2 is 0.600 bits per heavy atom. The van der Waals surface area contributed by atoms with Crippen molar-refractivity contribution in [3.63, 3.8) is 0 Å². The Bertz CT molecular complexity index is 20.2. The van der Waals surface area contributed by atoms with Crippen LogP contribution >= 0.6 is 0 Å². The second kappa shape index (κ2) is 16.6. The summed E-state index contributed by atoms with van der Waals surface area (Å²) in [5.41, 5.74) is 0. The largest absolute Gasteiger partial charge is 0.323 e. The molecular formula is C9H22Y-2. The summed E-state index contributed by atoms with van der Waals surface area (Å²) < 4.78 is 0. The fraction of sp³-hybridized carbons (Fsp3) is 0.778. The Morgan fingerprint density at radius 1 is 0.600 bits per heavy atom. The number of hydrogen-bond acceptors (Lipinski definition) is 0. The van der Waals surface area contributed by atoms with Gasteiger partial charge in [-0.25, -0.2) is 0 Å². The van der Waals surface area contributed by atoms with Gasteiger partial charge in [-0.15, -0.1) is 0 Å². The predicted molar refractivity (Wildman–Crippen MR) is 47.3 cm³/mol. The number of hydrogen-bond donors (Lipinski definition) is 0. The average Bonchev–Trinajstić information content (AvgIpc) is 1.25. The molecule has 1 heteroatoms. The van der Waals surface area contributed by atoms with E-state index in [0.717, 1.165) is 0 Å². The van der Waals surface area contributed by atoms with E-state index in [0.29, 0.717) is 0 Å². The first kappa shape index (κ1) is 22.5. The van der Waals surface area contributed by atoms with Crippen molar-refractivity contribution in [2.75, 3.05) is 0 Å². The molecule has 1 radical (unpaired) electrons. The summed E-state index contributed by atoms with van der Waals surface area (Å²) in [5.74, 6) is 2.83. The van der Waals surface area contributed by atoms with Crippen molar-refractivity contribution in [2.24, 2.45) is 0 Å². The molecule has 0 spiro atoms. The second-order valence-electron chi connectivity index (χ2n) is 3.00. The van der Waals surface area contributed by atoms with Crippen LogP contribution in [0.4, 0.5) is 0 Å². The molecule has 0 saturated carbocycles. The maximum absolute atomic E-state index is 2.08. The van der Waals surface area contributed by atoms with Gasteiger partial charge in [0.25, 0.3) is 0 Å². The van der Waals surface area contributed by atoms with Gasteiger partial charge < -0.3 is 11.8 Å². The molecule has 0 unspecified atom stereocenters. The minimum atomic E-state index is 0. The molecule has 0 rings (SSSR count). The summed E-state index contributed by atoms with van der Waals surface area (Å²) in [5, 5.41) is 0. The van der Waals surface area contributed by atoms with Crippen LogP contribution in [-0.2, 0) is 32.7 Å². The van der Waals surface area contributed by atoms with E-state index >= 15 is 0 Å². The van der Waals surface area contributed by atoms with Crippen LogP contribution in [0.3, 0.4) is 0 Å². The first-order chi connectivity index (χ1) is 3.46. The van der Waals surface area contributed by atoms with Crippen molar-refractivity contribution >= 4 is 0 Å². The normalized spacial score (nSPS) is 7.20. The molecule has 0 fully saturated rings. The standard InChI is InChI=1S/2C4H9.CH4.Y/c2*1-4(2)3;;/h2*1-3H3;1H4;/q2*-1;;. The van der Waals surface area contributed by atoms with Gasteiger partial charge in [0.2, 0.25) is 0 Å². The quantitative estimate of drug-likeness (QED) is 0.542. The molecule has 0 N–H and O–H groups in total. The summed E-state index contributed by atoms with van der Waals surface area (Å²) in [6.45, 7) is 12.5. The van der Waals surface area contributed by atoms with Gasteiger partial charge in [0.1, 0.15) is 0 Å². The molecule has 0 heterocycles. The molecule has 0 aromatic rings. The van der Waals surface area contributed by atoms with E-state index in [4.69, 9.17) is 0 Å². The Morgan fingerprint density at radius 3 is 0.600 bits per heavy atom. The summed E-state index contributed by atoms with van der Waals surface area (Å²) in [6.07, 6.45) is 0. The Balaban J connectivity index is -0.0000000300. The van der Waals surface area contributed by atoms with Crippen LogP contribution in [0.15, 0.2) is 0 Å². The first-order valence-electron chi connectivity index (χ1n) is 3.00. The van der Waals surface area contributed by atoms with Crippen LogP contribution in [0, 0.1) is 11.8 Å². The minimum absolute atomic E-state index is 0. The summed E-state index contributed by atoms with van der Waals surface area (Å²) in [6, 6.07) is 0. The summed E-state index contributed by atoms with van der Waals surface area (Å²) in [7, 11) is 0. The SMILES string of the molecule is C.C[C-](C)C.C[C-](C)C.[Y]. The predicted octanol–water partition coefficient (Wildman–Crippen LogP) is 3.87. The van der Waals surface area contributed by atoms with Gasteiger partial charge in [-0.3, -0.25) is 0 Å². The van der Waals surface area contributed by atoms with E-state index in [9.17, 15) is 0 Å². The van der Waals surface area contributed by atoms with Crippen molar-refractivity contribution in [1.82, 2.24) is 0 Å². The molecule has 0 saturated heterocycles. The van der Waals surface area contributed by atoms with Crippen molar-refractivity contribution in [3.05, 3.63) is 11.8 Å². The molecule has 0 nitrogen and oxygen atoms in total. The average molecular weight is 219 g/mol. The molecule has 10 heavy (non-hydrogen) atoms. The molecule has 0 aliphatic rings. The minimum Gasteiger partial charge on any atom is -0.323 e. The van der Waals surface area contributed by atoms with Gasteiger partial charge in [0, 0.05) is 32.7 Å². The second-order valence-corrected chi connectivity index (χ2v) is 3.00. The van der Waals surface area contributed by atoms with Gasteiger partial charge in [-0.05, 0) is 0 Å². The maximum Gasteiger partial charge on any atom is 0 e. The van der Waals surface area contributed by atoms with Crippen LogP contribution in [0.1, 0.15) is 49.0 Å². The molecular weight excluding hydrogens is 197 g/mol. The van der Waals surface area contributed by atoms with Crippen LogP contribution in [-0.4, -0.2) is 0 Å². The molecule has 63 valence electrons. The molecule has 0 aromatic heterocycles. The van der Waals surface area contributed by atoms with E-state index < -0.39 is 0 Å². The third kappa shape index (κ3) is 491. The van der Waals surface area contributed by atoms with Gasteiger partial charge in [-0.1, -0.05) is 7.43 Å². The van der Waals surface area contributed by atoms with E-state index in [2.05, 4.69) is 41.5 Å². The van der Waals surface area contributed by atoms with E-state index in [-0.39, 0.29) is 40.1 Å².